The van der Waals surface area contributed by atoms with E-state index < -0.39 is 0 Å². The lowest BCUT2D eigenvalue weighted by molar-refractivity contribution is -0.862. The van der Waals surface area contributed by atoms with Crippen molar-refractivity contribution >= 4 is 0 Å². The van der Waals surface area contributed by atoms with Gasteiger partial charge in [-0.3, -0.25) is 0 Å². The molecule has 0 heterocycles. The van der Waals surface area contributed by atoms with Crippen molar-refractivity contribution < 1.29 is 60.5 Å². The molecule has 0 aliphatic rings. The first-order valence-corrected chi connectivity index (χ1v) is 2.26. The molecule has 0 aliphatic carbocycles. The average molecular weight is 208 g/mol. The predicted octanol–water partition coefficient (Wildman–Crippen LogP) is -0.578. The Bertz CT molecular complexity index is 71.2. The summed E-state index contributed by atoms with van der Waals surface area (Å²) in [6, 6.07) is 0. The molecule has 0 amide bonds. The Hall–Kier alpha value is -0.480. The second-order valence-corrected chi connectivity index (χ2v) is 0.854. The number of hydrogen-bond donors (Lipinski definition) is 1. The predicted molar refractivity (Wildman–Crippen MR) is 20.5 cm³/mol. The summed E-state index contributed by atoms with van der Waals surface area (Å²) in [7, 11) is 1.13. The molecule has 1 N–H and O–H groups in total. The highest BCUT2D eigenvalue weighted by Crippen LogP contribution is 1.89. The third-order valence-electron chi connectivity index (χ3n) is 0.321. The van der Waals surface area contributed by atoms with Crippen LogP contribution in [0.2, 0.25) is 0 Å². The Balaban J connectivity index is 2.76. The van der Waals surface area contributed by atoms with Gasteiger partial charge in [0, 0.05) is 0 Å². The lowest BCUT2D eigenvalue weighted by atomic mass is 11.8. The van der Waals surface area contributed by atoms with Crippen molar-refractivity contribution in [2.75, 3.05) is 7.11 Å². The fraction of sp³-hybridized carbons (Fsp3) is 1.00. The standard InChI is InChI=1S/CH4O12/c1-3-5-7-9-11-13-12-10-8-6-4-2/h2H,1H3. The zero-order valence-corrected chi connectivity index (χ0v) is 5.94. The zero-order valence-electron chi connectivity index (χ0n) is 5.94. The minimum atomic E-state index is 1.13. The van der Waals surface area contributed by atoms with Crippen LogP contribution in [-0.4, -0.2) is 12.4 Å². The molecule has 0 aromatic heterocycles. The summed E-state index contributed by atoms with van der Waals surface area (Å²) in [6.45, 7) is 0. The molecular weight excluding hydrogens is 204 g/mol. The molecule has 0 unspecified atom stereocenters. The van der Waals surface area contributed by atoms with Gasteiger partial charge in [0.2, 0.25) is 0 Å². The van der Waals surface area contributed by atoms with E-state index in [-0.39, 0.29) is 0 Å². The fourth-order valence-corrected chi connectivity index (χ4v) is 0.120. The van der Waals surface area contributed by atoms with Crippen LogP contribution in [-0.2, 0) is 55.3 Å². The first kappa shape index (κ1) is 12.5. The van der Waals surface area contributed by atoms with Crippen molar-refractivity contribution in [3.8, 4) is 0 Å². The van der Waals surface area contributed by atoms with Gasteiger partial charge < -0.3 is 0 Å². The molecule has 0 aromatic rings. The van der Waals surface area contributed by atoms with Crippen molar-refractivity contribution in [3.05, 3.63) is 0 Å². The Morgan fingerprint density at radius 2 is 1.00 bits per heavy atom. The Morgan fingerprint density at radius 3 is 1.38 bits per heavy atom. The smallest absolute Gasteiger partial charge is 0.0745 e. The summed E-state index contributed by atoms with van der Waals surface area (Å²) in [5.41, 5.74) is 0. The van der Waals surface area contributed by atoms with Crippen LogP contribution in [0, 0.1) is 0 Å². The van der Waals surface area contributed by atoms with E-state index in [0.717, 1.165) is 7.11 Å². The maximum absolute atomic E-state index is 7.44. The van der Waals surface area contributed by atoms with E-state index in [9.17, 15) is 0 Å². The van der Waals surface area contributed by atoms with Crippen molar-refractivity contribution in [2.24, 2.45) is 0 Å². The van der Waals surface area contributed by atoms with Crippen LogP contribution in [0.4, 0.5) is 0 Å². The molecule has 12 heteroatoms. The SMILES string of the molecule is COOOOOOOOOOOO. The Morgan fingerprint density at radius 1 is 0.615 bits per heavy atom. The van der Waals surface area contributed by atoms with Gasteiger partial charge in [-0.05, 0) is 50.4 Å². The second-order valence-electron chi connectivity index (χ2n) is 0.854. The largest absolute Gasteiger partial charge is 0.219 e. The van der Waals surface area contributed by atoms with E-state index in [1.54, 1.807) is 0 Å². The molecule has 0 radical (unpaired) electrons. The number of hydrogen-bond acceptors (Lipinski definition) is 12. The molecule has 0 bridgehead atoms. The maximum atomic E-state index is 7.44. The lowest BCUT2D eigenvalue weighted by Gasteiger charge is -1.96. The third-order valence-corrected chi connectivity index (χ3v) is 0.321. The van der Waals surface area contributed by atoms with Gasteiger partial charge in [0.1, 0.15) is 0 Å². The third kappa shape index (κ3) is 11.5. The van der Waals surface area contributed by atoms with Gasteiger partial charge in [0.15, 0.2) is 0 Å². The normalized spacial score (nSPS) is 10.6. The Kier molecular flexibility index (Phi) is 11.1. The molecule has 0 saturated carbocycles. The summed E-state index contributed by atoms with van der Waals surface area (Å²) in [5.74, 6) is 0. The molecule has 0 fully saturated rings. The van der Waals surface area contributed by atoms with Crippen LogP contribution in [0.3, 0.4) is 0 Å². The van der Waals surface area contributed by atoms with Gasteiger partial charge in [-0.15, -0.1) is 0 Å². The molecule has 0 saturated heterocycles. The molecule has 0 rings (SSSR count). The van der Waals surface area contributed by atoms with Gasteiger partial charge in [-0.1, -0.05) is 0 Å². The van der Waals surface area contributed by atoms with Crippen LogP contribution < -0.4 is 0 Å². The van der Waals surface area contributed by atoms with Crippen molar-refractivity contribution in [1.29, 1.82) is 0 Å². The van der Waals surface area contributed by atoms with Gasteiger partial charge >= 0.3 is 0 Å². The van der Waals surface area contributed by atoms with Gasteiger partial charge in [-0.25, -0.2) is 10.1 Å². The maximum Gasteiger partial charge on any atom is 0.0745 e. The molecule has 80 valence electrons. The van der Waals surface area contributed by atoms with Gasteiger partial charge in [0.25, 0.3) is 0 Å². The quantitative estimate of drug-likeness (QED) is 0.280. The molecule has 0 aromatic carbocycles. The van der Waals surface area contributed by atoms with E-state index in [1.807, 2.05) is 0 Å². The first-order valence-electron chi connectivity index (χ1n) is 2.26. The van der Waals surface area contributed by atoms with Crippen LogP contribution in [0.1, 0.15) is 0 Å². The fourth-order valence-electron chi connectivity index (χ4n) is 0.120. The minimum Gasteiger partial charge on any atom is -0.219 e. The molecule has 0 atom stereocenters. The van der Waals surface area contributed by atoms with E-state index in [1.165, 1.54) is 0 Å². The summed E-state index contributed by atoms with van der Waals surface area (Å²) in [4.78, 5) is 3.86. The van der Waals surface area contributed by atoms with Crippen molar-refractivity contribution in [2.45, 2.75) is 0 Å². The molecule has 13 heavy (non-hydrogen) atoms. The highest BCUT2D eigenvalue weighted by molar-refractivity contribution is 3.35. The van der Waals surface area contributed by atoms with Crippen LogP contribution in [0.25, 0.3) is 0 Å². The highest BCUT2D eigenvalue weighted by Gasteiger charge is 1.95. The minimum absolute atomic E-state index is 1.13. The molecule has 0 spiro atoms. The topological polar surface area (TPSA) is 122 Å². The molecular formula is CH4O12. The van der Waals surface area contributed by atoms with Crippen molar-refractivity contribution in [3.63, 3.8) is 0 Å². The van der Waals surface area contributed by atoms with E-state index in [2.05, 4.69) is 55.3 Å². The zero-order chi connectivity index (χ0) is 9.78. The molecule has 0 aliphatic heterocycles. The van der Waals surface area contributed by atoms with Crippen LogP contribution >= 0.6 is 0 Å². The summed E-state index contributed by atoms with van der Waals surface area (Å²) in [6.07, 6.45) is 0. The average Bonchev–Trinajstić information content (AvgIpc) is 2.16. The highest BCUT2D eigenvalue weighted by atomic mass is 18.0. The summed E-state index contributed by atoms with van der Waals surface area (Å²) >= 11 is 0. The summed E-state index contributed by atoms with van der Waals surface area (Å²) in [5, 5.41) is 41.5. The molecule has 12 nitrogen and oxygen atoms in total. The van der Waals surface area contributed by atoms with Crippen molar-refractivity contribution in [1.82, 2.24) is 0 Å². The van der Waals surface area contributed by atoms with Crippen LogP contribution in [0.15, 0.2) is 0 Å². The van der Waals surface area contributed by atoms with Crippen LogP contribution in [0.5, 0.6) is 0 Å². The van der Waals surface area contributed by atoms with E-state index in [4.69, 9.17) is 5.26 Å². The van der Waals surface area contributed by atoms with E-state index in [0.29, 0.717) is 0 Å². The lowest BCUT2D eigenvalue weighted by Crippen LogP contribution is -2.02. The first-order chi connectivity index (χ1) is 6.41. The van der Waals surface area contributed by atoms with Gasteiger partial charge in [-0.2, -0.15) is 0 Å². The van der Waals surface area contributed by atoms with E-state index >= 15 is 0 Å². The monoisotopic (exact) mass is 208 g/mol. The Labute approximate surface area is 69.0 Å². The van der Waals surface area contributed by atoms with Gasteiger partial charge in [0.05, 0.1) is 7.11 Å². The summed E-state index contributed by atoms with van der Waals surface area (Å²) < 4.78 is 0. The second kappa shape index (κ2) is 11.5. The number of rotatable bonds is 10.